The van der Waals surface area contributed by atoms with Gasteiger partial charge >= 0.3 is 5.97 Å². The molecule has 3 aromatic rings. The summed E-state index contributed by atoms with van der Waals surface area (Å²) >= 11 is 1.51. The highest BCUT2D eigenvalue weighted by Gasteiger charge is 2.16. The van der Waals surface area contributed by atoms with E-state index in [0.29, 0.717) is 11.5 Å². The van der Waals surface area contributed by atoms with Crippen LogP contribution in [0.1, 0.15) is 23.0 Å². The van der Waals surface area contributed by atoms with E-state index in [-0.39, 0.29) is 23.6 Å². The maximum atomic E-state index is 12.2. The number of hydrogen-bond donors (Lipinski definition) is 1. The average Bonchev–Trinajstić information content (AvgIpc) is 3.31. The summed E-state index contributed by atoms with van der Waals surface area (Å²) in [5, 5.41) is 5.79. The molecule has 0 unspecified atom stereocenters. The number of nitrogens with zero attached hydrogens (tertiary/aromatic N) is 1. The molecule has 0 bridgehead atoms. The van der Waals surface area contributed by atoms with Crippen LogP contribution in [0, 0.1) is 0 Å². The van der Waals surface area contributed by atoms with Gasteiger partial charge in [0.1, 0.15) is 12.3 Å². The average molecular weight is 392 g/mol. The second kappa shape index (κ2) is 7.81. The minimum Gasteiger partial charge on any atom is -0.455 e. The Bertz CT molecular complexity index is 994. The first-order chi connectivity index (χ1) is 12.5. The maximum absolute atomic E-state index is 12.2. The van der Waals surface area contributed by atoms with Crippen LogP contribution in [0.25, 0.3) is 10.6 Å². The molecule has 3 rings (SSSR count). The Kier molecular flexibility index (Phi) is 5.50. The van der Waals surface area contributed by atoms with Crippen LogP contribution in [-0.4, -0.2) is 26.1 Å². The molecule has 0 fully saturated rings. The molecule has 0 atom stereocenters. The smallest absolute Gasteiger partial charge is 0.338 e. The number of carbonyl (C=O) groups excluding carboxylic acids is 1. The maximum Gasteiger partial charge on any atom is 0.338 e. The summed E-state index contributed by atoms with van der Waals surface area (Å²) in [4.78, 5) is 13.1. The zero-order valence-corrected chi connectivity index (χ0v) is 15.5. The Hall–Kier alpha value is -2.49. The van der Waals surface area contributed by atoms with E-state index in [9.17, 15) is 13.2 Å². The van der Waals surface area contributed by atoms with Gasteiger partial charge < -0.3 is 9.26 Å². The van der Waals surface area contributed by atoms with E-state index in [2.05, 4.69) is 9.88 Å². The fraction of sp³-hybridized carbons (Fsp3) is 0.176. The van der Waals surface area contributed by atoms with Gasteiger partial charge in [0.15, 0.2) is 5.76 Å². The molecular weight excluding hydrogens is 376 g/mol. The Balaban J connectivity index is 1.67. The number of esters is 1. The van der Waals surface area contributed by atoms with Crippen LogP contribution in [0.4, 0.5) is 0 Å². The van der Waals surface area contributed by atoms with Crippen molar-refractivity contribution in [2.75, 3.05) is 6.54 Å². The number of hydrogen-bond acceptors (Lipinski definition) is 7. The van der Waals surface area contributed by atoms with E-state index in [0.717, 1.165) is 4.88 Å². The van der Waals surface area contributed by atoms with Crippen LogP contribution in [0.3, 0.4) is 0 Å². The van der Waals surface area contributed by atoms with Crippen molar-refractivity contribution in [1.82, 2.24) is 9.88 Å². The summed E-state index contributed by atoms with van der Waals surface area (Å²) in [5.41, 5.74) is 0.615. The van der Waals surface area contributed by atoms with Crippen molar-refractivity contribution in [3.8, 4) is 10.6 Å². The van der Waals surface area contributed by atoms with Gasteiger partial charge in [0.2, 0.25) is 10.0 Å². The topological polar surface area (TPSA) is 98.5 Å². The lowest BCUT2D eigenvalue weighted by molar-refractivity contribution is 0.0464. The molecule has 2 aromatic heterocycles. The molecule has 136 valence electrons. The lowest BCUT2D eigenvalue weighted by atomic mass is 10.2. The van der Waals surface area contributed by atoms with Crippen LogP contribution in [0.15, 0.2) is 57.3 Å². The van der Waals surface area contributed by atoms with Crippen molar-refractivity contribution in [3.05, 3.63) is 59.1 Å². The van der Waals surface area contributed by atoms with E-state index < -0.39 is 16.0 Å². The molecule has 0 radical (unpaired) electrons. The number of sulfonamides is 1. The summed E-state index contributed by atoms with van der Waals surface area (Å²) in [6, 6.07) is 11.2. The van der Waals surface area contributed by atoms with Crippen molar-refractivity contribution in [2.45, 2.75) is 18.4 Å². The lowest BCUT2D eigenvalue weighted by Gasteiger charge is -2.07. The summed E-state index contributed by atoms with van der Waals surface area (Å²) in [6.07, 6.45) is 0. The van der Waals surface area contributed by atoms with Gasteiger partial charge in [-0.15, -0.1) is 11.3 Å². The van der Waals surface area contributed by atoms with Crippen molar-refractivity contribution < 1.29 is 22.5 Å². The van der Waals surface area contributed by atoms with Gasteiger partial charge in [-0.25, -0.2) is 17.9 Å². The summed E-state index contributed by atoms with van der Waals surface area (Å²) in [5.74, 6) is -0.0380. The monoisotopic (exact) mass is 392 g/mol. The predicted octanol–water partition coefficient (Wildman–Crippen LogP) is 3.06. The van der Waals surface area contributed by atoms with E-state index >= 15 is 0 Å². The van der Waals surface area contributed by atoms with Gasteiger partial charge in [0, 0.05) is 12.6 Å². The molecule has 2 heterocycles. The number of carbonyl (C=O) groups is 1. The van der Waals surface area contributed by atoms with Crippen LogP contribution >= 0.6 is 11.3 Å². The molecular formula is C17H16N2O5S2. The number of aromatic nitrogens is 1. The predicted molar refractivity (Wildman–Crippen MR) is 96.2 cm³/mol. The fourth-order valence-corrected chi connectivity index (χ4v) is 3.96. The Labute approximate surface area is 154 Å². The molecule has 1 aromatic carbocycles. The first kappa shape index (κ1) is 18.3. The Morgan fingerprint density at radius 3 is 2.85 bits per heavy atom. The molecule has 0 aliphatic heterocycles. The third kappa shape index (κ3) is 4.18. The van der Waals surface area contributed by atoms with E-state index in [1.807, 2.05) is 17.5 Å². The third-order valence-electron chi connectivity index (χ3n) is 3.39. The highest BCUT2D eigenvalue weighted by atomic mass is 32.2. The molecule has 0 spiro atoms. The van der Waals surface area contributed by atoms with Gasteiger partial charge in [-0.2, -0.15) is 0 Å². The molecule has 7 nitrogen and oxygen atoms in total. The van der Waals surface area contributed by atoms with Crippen LogP contribution in [0.2, 0.25) is 0 Å². The Morgan fingerprint density at radius 1 is 1.27 bits per heavy atom. The second-order valence-corrected chi connectivity index (χ2v) is 7.98. The Morgan fingerprint density at radius 2 is 2.12 bits per heavy atom. The standard InChI is InChI=1S/C17H16N2O5S2/c1-2-18-26(21,22)14-6-3-5-12(9-14)17(20)23-11-13-10-15(24-19-13)16-7-4-8-25-16/h3-10,18H,2,11H2,1H3. The molecule has 0 saturated carbocycles. The van der Waals surface area contributed by atoms with Crippen LogP contribution in [0.5, 0.6) is 0 Å². The van der Waals surface area contributed by atoms with E-state index in [1.165, 1.54) is 35.6 Å². The minimum absolute atomic E-state index is 0.00946. The number of ether oxygens (including phenoxy) is 1. The van der Waals surface area contributed by atoms with E-state index in [4.69, 9.17) is 9.26 Å². The molecule has 0 amide bonds. The summed E-state index contributed by atoms with van der Waals surface area (Å²) < 4.78 is 36.8. The quantitative estimate of drug-likeness (QED) is 0.621. The zero-order chi connectivity index (χ0) is 18.6. The second-order valence-electron chi connectivity index (χ2n) is 5.27. The van der Waals surface area contributed by atoms with Gasteiger partial charge in [-0.3, -0.25) is 0 Å². The number of benzene rings is 1. The molecule has 0 aliphatic rings. The first-order valence-corrected chi connectivity index (χ1v) is 10.1. The number of nitrogens with one attached hydrogen (secondary N) is 1. The van der Waals surface area contributed by atoms with Crippen molar-refractivity contribution in [1.29, 1.82) is 0 Å². The minimum atomic E-state index is -3.64. The SMILES string of the molecule is CCNS(=O)(=O)c1cccc(C(=O)OCc2cc(-c3cccs3)on2)c1. The summed E-state index contributed by atoms with van der Waals surface area (Å²) in [6.45, 7) is 1.87. The zero-order valence-electron chi connectivity index (χ0n) is 13.8. The van der Waals surface area contributed by atoms with Crippen molar-refractivity contribution >= 4 is 27.3 Å². The largest absolute Gasteiger partial charge is 0.455 e. The van der Waals surface area contributed by atoms with Gasteiger partial charge in [0.05, 0.1) is 15.3 Å². The van der Waals surface area contributed by atoms with Crippen molar-refractivity contribution in [2.24, 2.45) is 0 Å². The van der Waals surface area contributed by atoms with Crippen LogP contribution < -0.4 is 4.72 Å². The van der Waals surface area contributed by atoms with Gasteiger partial charge in [0.25, 0.3) is 0 Å². The normalized spacial score (nSPS) is 11.4. The van der Waals surface area contributed by atoms with Gasteiger partial charge in [-0.05, 0) is 29.6 Å². The molecule has 1 N–H and O–H groups in total. The number of thiophene rings is 1. The third-order valence-corrected chi connectivity index (χ3v) is 5.82. The molecule has 26 heavy (non-hydrogen) atoms. The summed E-state index contributed by atoms with van der Waals surface area (Å²) in [7, 11) is -3.64. The fourth-order valence-electron chi connectivity index (χ4n) is 2.20. The van der Waals surface area contributed by atoms with Gasteiger partial charge in [-0.1, -0.05) is 24.2 Å². The highest BCUT2D eigenvalue weighted by Crippen LogP contribution is 2.25. The lowest BCUT2D eigenvalue weighted by Crippen LogP contribution is -2.23. The van der Waals surface area contributed by atoms with Crippen molar-refractivity contribution in [3.63, 3.8) is 0 Å². The first-order valence-electron chi connectivity index (χ1n) is 7.76. The van der Waals surface area contributed by atoms with Crippen LogP contribution in [-0.2, 0) is 21.4 Å². The highest BCUT2D eigenvalue weighted by molar-refractivity contribution is 7.89. The molecule has 0 saturated heterocycles. The molecule has 0 aliphatic carbocycles. The molecule has 9 heteroatoms. The van der Waals surface area contributed by atoms with E-state index in [1.54, 1.807) is 13.0 Å². The number of rotatable bonds is 7.